The van der Waals surface area contributed by atoms with Gasteiger partial charge in [0.25, 0.3) is 0 Å². The van der Waals surface area contributed by atoms with Crippen LogP contribution in [-0.4, -0.2) is 41.1 Å². The minimum absolute atomic E-state index is 0.220. The van der Waals surface area contributed by atoms with Crippen LogP contribution in [0, 0.1) is 11.3 Å². The number of amides is 1. The number of carboxylic acid groups (broad SMARTS) is 1. The minimum Gasteiger partial charge on any atom is -0.481 e. The van der Waals surface area contributed by atoms with E-state index in [0.29, 0.717) is 15.6 Å². The van der Waals surface area contributed by atoms with Crippen molar-refractivity contribution in [3.63, 3.8) is 0 Å². The standard InChI is InChI=1S/C16H16Cl2F3NO3/c1-9(6-10-2-3-11(17)7-12(10)18)13(23)22-5-4-15(8-22,14(24)25)16(19,20)21/h2-3,7,9H,4-6,8H2,1H3,(H,24,25). The number of likely N-dealkylation sites (tertiary alicyclic amines) is 1. The SMILES string of the molecule is CC(Cc1ccc(Cl)cc1Cl)C(=O)N1CCC(C(=O)O)(C(F)(F)F)C1. The molecule has 0 aliphatic carbocycles. The van der Waals surface area contributed by atoms with Crippen LogP contribution in [0.5, 0.6) is 0 Å². The van der Waals surface area contributed by atoms with Crippen LogP contribution in [-0.2, 0) is 16.0 Å². The van der Waals surface area contributed by atoms with Gasteiger partial charge in [-0.3, -0.25) is 9.59 Å². The molecule has 0 bridgehead atoms. The Kier molecular flexibility index (Phi) is 5.59. The summed E-state index contributed by atoms with van der Waals surface area (Å²) < 4.78 is 39.6. The average molecular weight is 398 g/mol. The van der Waals surface area contributed by atoms with Crippen molar-refractivity contribution in [1.29, 1.82) is 0 Å². The van der Waals surface area contributed by atoms with E-state index >= 15 is 0 Å². The predicted molar refractivity (Wildman–Crippen MR) is 86.7 cm³/mol. The quantitative estimate of drug-likeness (QED) is 0.833. The molecule has 0 radical (unpaired) electrons. The molecule has 0 saturated carbocycles. The Balaban J connectivity index is 2.12. The van der Waals surface area contributed by atoms with Gasteiger partial charge in [-0.2, -0.15) is 13.2 Å². The highest BCUT2D eigenvalue weighted by atomic mass is 35.5. The lowest BCUT2D eigenvalue weighted by Gasteiger charge is -2.28. The second-order valence-corrected chi connectivity index (χ2v) is 7.08. The van der Waals surface area contributed by atoms with Gasteiger partial charge in [0.2, 0.25) is 5.91 Å². The van der Waals surface area contributed by atoms with E-state index in [0.717, 1.165) is 4.90 Å². The smallest absolute Gasteiger partial charge is 0.406 e. The molecule has 4 nitrogen and oxygen atoms in total. The summed E-state index contributed by atoms with van der Waals surface area (Å²) in [5.74, 6) is -3.13. The van der Waals surface area contributed by atoms with Gasteiger partial charge in [0.15, 0.2) is 5.41 Å². The van der Waals surface area contributed by atoms with E-state index in [9.17, 15) is 22.8 Å². The molecule has 9 heteroatoms. The van der Waals surface area contributed by atoms with Crippen molar-refractivity contribution in [2.24, 2.45) is 11.3 Å². The summed E-state index contributed by atoms with van der Waals surface area (Å²) in [6.07, 6.45) is -5.35. The van der Waals surface area contributed by atoms with Crippen LogP contribution in [0.25, 0.3) is 0 Å². The molecule has 2 rings (SSSR count). The van der Waals surface area contributed by atoms with Crippen molar-refractivity contribution in [3.05, 3.63) is 33.8 Å². The predicted octanol–water partition coefficient (Wildman–Crippen LogP) is 4.04. The van der Waals surface area contributed by atoms with E-state index in [1.165, 1.54) is 6.07 Å². The first-order valence-electron chi connectivity index (χ1n) is 7.51. The van der Waals surface area contributed by atoms with Crippen molar-refractivity contribution in [2.75, 3.05) is 13.1 Å². The number of halogens is 5. The number of aliphatic carboxylic acids is 1. The molecule has 25 heavy (non-hydrogen) atoms. The largest absolute Gasteiger partial charge is 0.481 e. The maximum Gasteiger partial charge on any atom is 0.406 e. The van der Waals surface area contributed by atoms with Crippen molar-refractivity contribution >= 4 is 35.1 Å². The molecular weight excluding hydrogens is 382 g/mol. The fourth-order valence-electron chi connectivity index (χ4n) is 2.94. The maximum atomic E-state index is 13.2. The summed E-state index contributed by atoms with van der Waals surface area (Å²) in [6.45, 7) is 0.453. The van der Waals surface area contributed by atoms with E-state index in [1.54, 1.807) is 19.1 Å². The fourth-order valence-corrected chi connectivity index (χ4v) is 3.43. The summed E-state index contributed by atoms with van der Waals surface area (Å²) in [5, 5.41) is 9.85. The third-order valence-electron chi connectivity index (χ3n) is 4.50. The average Bonchev–Trinajstić information content (AvgIpc) is 2.95. The van der Waals surface area contributed by atoms with Crippen LogP contribution in [0.4, 0.5) is 13.2 Å². The molecule has 1 aromatic carbocycles. The number of carbonyl (C=O) groups excluding carboxylic acids is 1. The Labute approximate surface area is 152 Å². The second kappa shape index (κ2) is 7.03. The number of carbonyl (C=O) groups is 2. The summed E-state index contributed by atoms with van der Waals surface area (Å²) in [6, 6.07) is 4.77. The zero-order valence-corrected chi connectivity index (χ0v) is 14.8. The van der Waals surface area contributed by atoms with Gasteiger partial charge in [0, 0.05) is 29.1 Å². The Hall–Kier alpha value is -1.47. The molecule has 1 amide bonds. The van der Waals surface area contributed by atoms with Gasteiger partial charge in [-0.1, -0.05) is 36.2 Å². The first-order valence-corrected chi connectivity index (χ1v) is 8.26. The van der Waals surface area contributed by atoms with E-state index in [1.807, 2.05) is 0 Å². The molecule has 1 N–H and O–H groups in total. The molecule has 0 spiro atoms. The number of alkyl halides is 3. The highest BCUT2D eigenvalue weighted by Gasteiger charge is 2.64. The lowest BCUT2D eigenvalue weighted by molar-refractivity contribution is -0.227. The lowest BCUT2D eigenvalue weighted by atomic mass is 9.86. The second-order valence-electron chi connectivity index (χ2n) is 6.24. The third kappa shape index (κ3) is 3.87. The van der Waals surface area contributed by atoms with E-state index in [2.05, 4.69) is 0 Å². The van der Waals surface area contributed by atoms with Crippen LogP contribution in [0.2, 0.25) is 10.0 Å². The van der Waals surface area contributed by atoms with Gasteiger partial charge in [-0.25, -0.2) is 0 Å². The zero-order chi connectivity index (χ0) is 19.0. The lowest BCUT2D eigenvalue weighted by Crippen LogP contribution is -2.48. The Morgan fingerprint density at radius 2 is 2.00 bits per heavy atom. The van der Waals surface area contributed by atoms with Gasteiger partial charge < -0.3 is 10.0 Å². The summed E-state index contributed by atoms with van der Waals surface area (Å²) in [7, 11) is 0. The monoisotopic (exact) mass is 397 g/mol. The van der Waals surface area contributed by atoms with E-state index in [-0.39, 0.29) is 13.0 Å². The van der Waals surface area contributed by atoms with Crippen LogP contribution in [0.15, 0.2) is 18.2 Å². The third-order valence-corrected chi connectivity index (χ3v) is 5.08. The molecule has 2 atom stereocenters. The Morgan fingerprint density at radius 1 is 1.36 bits per heavy atom. The van der Waals surface area contributed by atoms with Crippen molar-refractivity contribution in [3.8, 4) is 0 Å². The first kappa shape index (κ1) is 19.8. The van der Waals surface area contributed by atoms with Crippen molar-refractivity contribution < 1.29 is 27.9 Å². The number of rotatable bonds is 4. The maximum absolute atomic E-state index is 13.2. The molecule has 1 fully saturated rings. The van der Waals surface area contributed by atoms with Crippen LogP contribution in [0.1, 0.15) is 18.9 Å². The summed E-state index contributed by atoms with van der Waals surface area (Å²) in [5.41, 5.74) is -2.26. The number of carboxylic acids is 1. The van der Waals surface area contributed by atoms with Crippen LogP contribution in [0.3, 0.4) is 0 Å². The molecule has 1 aromatic rings. The normalized spacial score (nSPS) is 22.1. The molecular formula is C16H16Cl2F3NO3. The van der Waals surface area contributed by atoms with E-state index in [4.69, 9.17) is 28.3 Å². The van der Waals surface area contributed by atoms with Gasteiger partial charge >= 0.3 is 12.1 Å². The molecule has 138 valence electrons. The van der Waals surface area contributed by atoms with Gasteiger partial charge in [0.05, 0.1) is 0 Å². The van der Waals surface area contributed by atoms with Crippen LogP contribution < -0.4 is 0 Å². The molecule has 1 heterocycles. The highest BCUT2D eigenvalue weighted by Crippen LogP contribution is 2.46. The number of benzene rings is 1. The minimum atomic E-state index is -4.92. The van der Waals surface area contributed by atoms with E-state index < -0.39 is 42.4 Å². The molecule has 1 aliphatic rings. The number of hydrogen-bond donors (Lipinski definition) is 1. The Morgan fingerprint density at radius 3 is 2.48 bits per heavy atom. The fraction of sp³-hybridized carbons (Fsp3) is 0.500. The Bertz CT molecular complexity index is 696. The molecule has 1 aliphatic heterocycles. The first-order chi connectivity index (χ1) is 11.5. The van der Waals surface area contributed by atoms with Crippen molar-refractivity contribution in [2.45, 2.75) is 25.9 Å². The van der Waals surface area contributed by atoms with Gasteiger partial charge in [-0.05, 0) is 30.5 Å². The molecule has 2 unspecified atom stereocenters. The summed E-state index contributed by atoms with van der Waals surface area (Å²) >= 11 is 11.9. The number of nitrogens with zero attached hydrogens (tertiary/aromatic N) is 1. The zero-order valence-electron chi connectivity index (χ0n) is 13.2. The van der Waals surface area contributed by atoms with Gasteiger partial charge in [0.1, 0.15) is 0 Å². The van der Waals surface area contributed by atoms with Crippen molar-refractivity contribution in [1.82, 2.24) is 4.90 Å². The topological polar surface area (TPSA) is 57.6 Å². The van der Waals surface area contributed by atoms with Gasteiger partial charge in [-0.15, -0.1) is 0 Å². The summed E-state index contributed by atoms with van der Waals surface area (Å²) in [4.78, 5) is 24.6. The molecule has 1 saturated heterocycles. The number of hydrogen-bond acceptors (Lipinski definition) is 2. The van der Waals surface area contributed by atoms with Crippen LogP contribution >= 0.6 is 23.2 Å². The highest BCUT2D eigenvalue weighted by molar-refractivity contribution is 6.35. The molecule has 0 aromatic heterocycles.